The lowest BCUT2D eigenvalue weighted by Gasteiger charge is -2.18. The number of benzene rings is 1. The van der Waals surface area contributed by atoms with E-state index in [0.717, 1.165) is 24.5 Å². The fourth-order valence-corrected chi connectivity index (χ4v) is 2.60. The first-order valence-corrected chi connectivity index (χ1v) is 6.61. The van der Waals surface area contributed by atoms with Crippen LogP contribution in [0.25, 0.3) is 0 Å². The molecule has 1 aromatic carbocycles. The molecule has 1 aliphatic rings. The summed E-state index contributed by atoms with van der Waals surface area (Å²) in [4.78, 5) is 0. The Hall–Kier alpha value is -1.42. The summed E-state index contributed by atoms with van der Waals surface area (Å²) < 4.78 is 16.2. The molecule has 19 heavy (non-hydrogen) atoms. The molecule has 1 aliphatic carbocycles. The quantitative estimate of drug-likeness (QED) is 0.821. The van der Waals surface area contributed by atoms with Crippen LogP contribution in [-0.2, 0) is 6.42 Å². The van der Waals surface area contributed by atoms with Crippen molar-refractivity contribution in [2.45, 2.75) is 19.3 Å². The van der Waals surface area contributed by atoms with Gasteiger partial charge in [-0.05, 0) is 43.4 Å². The Bertz CT molecular complexity index is 441. The molecule has 2 rings (SSSR count). The monoisotopic (exact) mass is 265 g/mol. The number of hydrogen-bond acceptors (Lipinski definition) is 4. The van der Waals surface area contributed by atoms with Gasteiger partial charge in [0.2, 0.25) is 0 Å². The molecule has 106 valence electrons. The Kier molecular flexibility index (Phi) is 4.20. The molecule has 0 bridgehead atoms. The zero-order valence-electron chi connectivity index (χ0n) is 12.2. The third-order valence-corrected chi connectivity index (χ3v) is 3.86. The first-order valence-electron chi connectivity index (χ1n) is 6.61. The molecule has 4 nitrogen and oxygen atoms in total. The van der Waals surface area contributed by atoms with Crippen molar-refractivity contribution in [3.63, 3.8) is 0 Å². The second-order valence-electron chi connectivity index (χ2n) is 5.23. The van der Waals surface area contributed by atoms with Crippen LogP contribution in [0.1, 0.15) is 18.4 Å². The van der Waals surface area contributed by atoms with Gasteiger partial charge in [-0.2, -0.15) is 0 Å². The maximum Gasteiger partial charge on any atom is 0.164 e. The molecule has 1 aromatic rings. The van der Waals surface area contributed by atoms with E-state index >= 15 is 0 Å². The van der Waals surface area contributed by atoms with Crippen molar-refractivity contribution >= 4 is 0 Å². The van der Waals surface area contributed by atoms with E-state index in [0.29, 0.717) is 11.2 Å². The van der Waals surface area contributed by atoms with Crippen LogP contribution >= 0.6 is 0 Å². The highest BCUT2D eigenvalue weighted by molar-refractivity contribution is 5.51. The van der Waals surface area contributed by atoms with E-state index in [1.54, 1.807) is 21.3 Å². The zero-order chi connectivity index (χ0) is 13.9. The molecule has 1 fully saturated rings. The van der Waals surface area contributed by atoms with Crippen molar-refractivity contribution in [2.75, 3.05) is 34.9 Å². The summed E-state index contributed by atoms with van der Waals surface area (Å²) in [7, 11) is 7.00. The summed E-state index contributed by atoms with van der Waals surface area (Å²) in [6.45, 7) is 1.05. The second kappa shape index (κ2) is 5.70. The summed E-state index contributed by atoms with van der Waals surface area (Å²) in [5.74, 6) is 2.35. The van der Waals surface area contributed by atoms with Crippen molar-refractivity contribution < 1.29 is 14.2 Å². The topological polar surface area (TPSA) is 39.7 Å². The smallest absolute Gasteiger partial charge is 0.164 e. The molecule has 0 heterocycles. The van der Waals surface area contributed by atoms with Gasteiger partial charge in [0.1, 0.15) is 5.75 Å². The van der Waals surface area contributed by atoms with Gasteiger partial charge in [0.05, 0.1) is 21.3 Å². The average molecular weight is 265 g/mol. The van der Waals surface area contributed by atoms with E-state index in [1.165, 1.54) is 18.4 Å². The highest BCUT2D eigenvalue weighted by Crippen LogP contribution is 2.50. The van der Waals surface area contributed by atoms with E-state index in [9.17, 15) is 0 Å². The maximum absolute atomic E-state index is 5.48. The van der Waals surface area contributed by atoms with E-state index < -0.39 is 0 Å². The third-order valence-electron chi connectivity index (χ3n) is 3.86. The predicted octanol–water partition coefficient (Wildman–Crippen LogP) is 2.25. The largest absolute Gasteiger partial charge is 0.496 e. The summed E-state index contributed by atoms with van der Waals surface area (Å²) in [5, 5.41) is 3.28. The molecule has 4 heteroatoms. The first-order chi connectivity index (χ1) is 9.18. The van der Waals surface area contributed by atoms with Gasteiger partial charge in [0, 0.05) is 12.6 Å². The Balaban J connectivity index is 2.28. The van der Waals surface area contributed by atoms with Gasteiger partial charge in [-0.1, -0.05) is 0 Å². The molecule has 0 amide bonds. The van der Waals surface area contributed by atoms with E-state index in [-0.39, 0.29) is 0 Å². The minimum Gasteiger partial charge on any atom is -0.496 e. The molecule has 1 N–H and O–H groups in total. The van der Waals surface area contributed by atoms with Crippen LogP contribution in [0.2, 0.25) is 0 Å². The maximum atomic E-state index is 5.48. The standard InChI is InChI=1S/C15H23NO3/c1-16-10-15(5-6-15)9-11-7-13(18-3)14(19-4)8-12(11)17-2/h7-8,16H,5-6,9-10H2,1-4H3. The van der Waals surface area contributed by atoms with Crippen LogP contribution in [-0.4, -0.2) is 34.9 Å². The number of rotatable bonds is 7. The lowest BCUT2D eigenvalue weighted by Crippen LogP contribution is -2.22. The van der Waals surface area contributed by atoms with Crippen molar-refractivity contribution in [1.29, 1.82) is 0 Å². The van der Waals surface area contributed by atoms with Crippen LogP contribution in [0.4, 0.5) is 0 Å². The number of methoxy groups -OCH3 is 3. The summed E-state index contributed by atoms with van der Waals surface area (Å²) in [5.41, 5.74) is 1.58. The Morgan fingerprint density at radius 3 is 2.05 bits per heavy atom. The van der Waals surface area contributed by atoms with Gasteiger partial charge in [-0.3, -0.25) is 0 Å². The minimum atomic E-state index is 0.391. The van der Waals surface area contributed by atoms with Crippen LogP contribution in [0.3, 0.4) is 0 Å². The summed E-state index contributed by atoms with van der Waals surface area (Å²) in [6, 6.07) is 3.94. The van der Waals surface area contributed by atoms with Gasteiger partial charge in [0.15, 0.2) is 11.5 Å². The van der Waals surface area contributed by atoms with Gasteiger partial charge < -0.3 is 19.5 Å². The fourth-order valence-electron chi connectivity index (χ4n) is 2.60. The summed E-state index contributed by atoms with van der Waals surface area (Å²) in [6.07, 6.45) is 3.55. The van der Waals surface area contributed by atoms with Crippen LogP contribution in [0.5, 0.6) is 17.2 Å². The van der Waals surface area contributed by atoms with Crippen LogP contribution in [0.15, 0.2) is 12.1 Å². The highest BCUT2D eigenvalue weighted by Gasteiger charge is 2.42. The Labute approximate surface area is 115 Å². The molecule has 0 saturated heterocycles. The number of nitrogens with one attached hydrogen (secondary N) is 1. The molecule has 0 unspecified atom stereocenters. The average Bonchev–Trinajstić information content (AvgIpc) is 3.18. The van der Waals surface area contributed by atoms with Gasteiger partial charge in [-0.15, -0.1) is 0 Å². The van der Waals surface area contributed by atoms with Crippen molar-refractivity contribution in [1.82, 2.24) is 5.32 Å². The molecule has 0 aromatic heterocycles. The van der Waals surface area contributed by atoms with Crippen LogP contribution in [0, 0.1) is 5.41 Å². The first kappa shape index (κ1) is 14.0. The van der Waals surface area contributed by atoms with Gasteiger partial charge >= 0.3 is 0 Å². The normalized spacial score (nSPS) is 16.0. The third kappa shape index (κ3) is 2.95. The van der Waals surface area contributed by atoms with Crippen molar-refractivity contribution in [2.24, 2.45) is 5.41 Å². The lowest BCUT2D eigenvalue weighted by atomic mass is 9.95. The molecule has 0 atom stereocenters. The van der Waals surface area contributed by atoms with E-state index in [4.69, 9.17) is 14.2 Å². The second-order valence-corrected chi connectivity index (χ2v) is 5.23. The van der Waals surface area contributed by atoms with Crippen molar-refractivity contribution in [3.05, 3.63) is 17.7 Å². The highest BCUT2D eigenvalue weighted by atomic mass is 16.5. The molecule has 1 saturated carbocycles. The molecule has 0 radical (unpaired) electrons. The lowest BCUT2D eigenvalue weighted by molar-refractivity contribution is 0.345. The van der Waals surface area contributed by atoms with Gasteiger partial charge in [0.25, 0.3) is 0 Å². The SMILES string of the molecule is CNCC1(Cc2cc(OC)c(OC)cc2OC)CC1. The van der Waals surface area contributed by atoms with E-state index in [1.807, 2.05) is 19.2 Å². The molecular weight excluding hydrogens is 242 g/mol. The predicted molar refractivity (Wildman–Crippen MR) is 75.4 cm³/mol. The Morgan fingerprint density at radius 2 is 1.58 bits per heavy atom. The van der Waals surface area contributed by atoms with Crippen molar-refractivity contribution in [3.8, 4) is 17.2 Å². The molecule has 0 spiro atoms. The Morgan fingerprint density at radius 1 is 1.00 bits per heavy atom. The molecule has 0 aliphatic heterocycles. The minimum absolute atomic E-state index is 0.391. The zero-order valence-corrected chi connectivity index (χ0v) is 12.2. The fraction of sp³-hybridized carbons (Fsp3) is 0.600. The van der Waals surface area contributed by atoms with Gasteiger partial charge in [-0.25, -0.2) is 0 Å². The summed E-state index contributed by atoms with van der Waals surface area (Å²) >= 11 is 0. The number of ether oxygens (including phenoxy) is 3. The number of hydrogen-bond donors (Lipinski definition) is 1. The van der Waals surface area contributed by atoms with E-state index in [2.05, 4.69) is 5.32 Å². The molecular formula is C15H23NO3. The van der Waals surface area contributed by atoms with Crippen LogP contribution < -0.4 is 19.5 Å².